The first-order valence-corrected chi connectivity index (χ1v) is 16.5. The first-order valence-electron chi connectivity index (χ1n) is 16.5. The van der Waals surface area contributed by atoms with Gasteiger partial charge in [0, 0.05) is 12.0 Å². The number of ether oxygens (including phenoxy) is 2. The van der Waals surface area contributed by atoms with Gasteiger partial charge in [-0.05, 0) is 59.9 Å². The molecule has 280 valence electrons. The number of nitrogens with zero attached hydrogens (tertiary/aromatic N) is 7. The van der Waals surface area contributed by atoms with Crippen molar-refractivity contribution in [1.29, 1.82) is 0 Å². The monoisotopic (exact) mass is 744 g/mol. The third kappa shape index (κ3) is 8.33. The van der Waals surface area contributed by atoms with Crippen molar-refractivity contribution in [2.75, 3.05) is 6.61 Å². The number of rotatable bonds is 17. The quantitative estimate of drug-likeness (QED) is 0.0761. The summed E-state index contributed by atoms with van der Waals surface area (Å²) in [5, 5.41) is 34.1. The van der Waals surface area contributed by atoms with Crippen molar-refractivity contribution in [1.82, 2.24) is 30.2 Å². The lowest BCUT2D eigenvalue weighted by Crippen LogP contribution is -2.38. The molecular weight excluding hydrogens is 712 g/mol. The average Bonchev–Trinajstić information content (AvgIpc) is 3.89. The van der Waals surface area contributed by atoms with Gasteiger partial charge in [-0.15, -0.1) is 30.4 Å². The van der Waals surface area contributed by atoms with E-state index in [2.05, 4.69) is 35.3 Å². The summed E-state index contributed by atoms with van der Waals surface area (Å²) in [6, 6.07) is 20.8. The number of carbonyl (C=O) groups excluding carboxylic acids is 1. The second-order valence-corrected chi connectivity index (χ2v) is 12.0. The van der Waals surface area contributed by atoms with E-state index in [9.17, 15) is 29.8 Å². The molecule has 3 atom stereocenters. The smallest absolute Gasteiger partial charge is 0.465 e. The van der Waals surface area contributed by atoms with Gasteiger partial charge >= 0.3 is 11.8 Å². The maximum absolute atomic E-state index is 13.3. The van der Waals surface area contributed by atoms with Crippen molar-refractivity contribution in [3.05, 3.63) is 120 Å². The Balaban J connectivity index is 1.19. The Bertz CT molecular complexity index is 2320. The van der Waals surface area contributed by atoms with Crippen molar-refractivity contribution in [2.45, 2.75) is 52.6 Å². The second-order valence-electron chi connectivity index (χ2n) is 12.0. The van der Waals surface area contributed by atoms with Crippen LogP contribution in [0.3, 0.4) is 0 Å². The molecule has 0 aliphatic rings. The highest BCUT2D eigenvalue weighted by Crippen LogP contribution is 2.31. The molecule has 0 bridgehead atoms. The molecule has 54 heavy (non-hydrogen) atoms. The number of fused-ring (bicyclic) bond motifs is 1. The van der Waals surface area contributed by atoms with Gasteiger partial charge in [0.15, 0.2) is 18.1 Å². The van der Waals surface area contributed by atoms with Crippen LogP contribution in [0.2, 0.25) is 0 Å². The van der Waals surface area contributed by atoms with E-state index in [1.54, 1.807) is 12.1 Å². The number of aromatic nitrogens is 6. The average molecular weight is 745 g/mol. The van der Waals surface area contributed by atoms with Crippen LogP contribution in [0.15, 0.2) is 80.4 Å². The predicted molar refractivity (Wildman–Crippen MR) is 184 cm³/mol. The zero-order chi connectivity index (χ0) is 38.4. The molecule has 0 aliphatic carbocycles. The molecule has 20 heteroatoms. The normalized spacial score (nSPS) is 12.9. The van der Waals surface area contributed by atoms with Crippen molar-refractivity contribution >= 4 is 17.0 Å². The van der Waals surface area contributed by atoms with E-state index in [4.69, 9.17) is 18.3 Å². The SMILES string of the molecule is CCOc1nc2ccc(C(=O)OCc3oc(=O)oc3CC(C)[C@H](O[N+](=O)[O-])[C@H](C)O[N+](=O)[O-])cc2n1Cc1ccc(-c2ccccc2-c2nn[nH]n2)cc1. The molecule has 0 saturated carbocycles. The number of tetrazole rings is 1. The highest BCUT2D eigenvalue weighted by Gasteiger charge is 2.32. The molecule has 0 aliphatic heterocycles. The van der Waals surface area contributed by atoms with Gasteiger partial charge in [0.25, 0.3) is 16.2 Å². The fraction of sp³-hybridized carbons (Fsp3) is 0.294. The van der Waals surface area contributed by atoms with Gasteiger partial charge < -0.3 is 28.0 Å². The van der Waals surface area contributed by atoms with Crippen LogP contribution in [0.25, 0.3) is 33.5 Å². The minimum Gasteiger partial charge on any atom is -0.465 e. The van der Waals surface area contributed by atoms with Crippen LogP contribution in [-0.4, -0.2) is 65.1 Å². The van der Waals surface area contributed by atoms with Crippen LogP contribution in [0, 0.1) is 26.1 Å². The summed E-state index contributed by atoms with van der Waals surface area (Å²) >= 11 is 0. The molecule has 0 fully saturated rings. The van der Waals surface area contributed by atoms with Crippen molar-refractivity contribution < 1.29 is 43.0 Å². The Morgan fingerprint density at radius 2 is 1.69 bits per heavy atom. The summed E-state index contributed by atoms with van der Waals surface area (Å²) in [6.07, 6.45) is -2.98. The fourth-order valence-electron chi connectivity index (χ4n) is 5.97. The molecular formula is C34H32N8O12. The fourth-order valence-corrected chi connectivity index (χ4v) is 5.97. The largest absolute Gasteiger partial charge is 0.519 e. The molecule has 3 aromatic heterocycles. The van der Waals surface area contributed by atoms with Gasteiger partial charge in [0.05, 0.1) is 29.7 Å². The lowest BCUT2D eigenvalue weighted by Gasteiger charge is -2.25. The Hall–Kier alpha value is -7.12. The molecule has 0 saturated heterocycles. The lowest BCUT2D eigenvalue weighted by molar-refractivity contribution is -0.799. The van der Waals surface area contributed by atoms with Gasteiger partial charge in [-0.1, -0.05) is 55.5 Å². The van der Waals surface area contributed by atoms with E-state index >= 15 is 0 Å². The Morgan fingerprint density at radius 3 is 2.37 bits per heavy atom. The summed E-state index contributed by atoms with van der Waals surface area (Å²) in [4.78, 5) is 60.9. The Morgan fingerprint density at radius 1 is 0.963 bits per heavy atom. The van der Waals surface area contributed by atoms with E-state index in [0.717, 1.165) is 22.3 Å². The third-order valence-electron chi connectivity index (χ3n) is 8.39. The van der Waals surface area contributed by atoms with Gasteiger partial charge in [0.1, 0.15) is 12.2 Å². The topological polar surface area (TPSA) is 256 Å². The lowest BCUT2D eigenvalue weighted by atomic mass is 9.95. The number of hydrogen-bond acceptors (Lipinski definition) is 16. The highest BCUT2D eigenvalue weighted by molar-refractivity contribution is 5.94. The second kappa shape index (κ2) is 16.0. The molecule has 6 aromatic rings. The molecule has 6 rings (SSSR count). The van der Waals surface area contributed by atoms with Gasteiger partial charge in [-0.25, -0.2) is 9.59 Å². The molecule has 1 unspecified atom stereocenters. The molecule has 0 amide bonds. The van der Waals surface area contributed by atoms with Crippen LogP contribution in [0.1, 0.15) is 48.2 Å². The van der Waals surface area contributed by atoms with E-state index < -0.39 is 46.7 Å². The Kier molecular flexibility index (Phi) is 10.9. The number of H-pyrrole nitrogens is 1. The molecule has 0 spiro atoms. The summed E-state index contributed by atoms with van der Waals surface area (Å²) in [6.45, 7) is 4.70. The van der Waals surface area contributed by atoms with Gasteiger partial charge in [-0.3, -0.25) is 4.57 Å². The molecule has 20 nitrogen and oxygen atoms in total. The molecule has 0 radical (unpaired) electrons. The third-order valence-corrected chi connectivity index (χ3v) is 8.39. The first kappa shape index (κ1) is 36.7. The summed E-state index contributed by atoms with van der Waals surface area (Å²) in [7, 11) is 0. The van der Waals surface area contributed by atoms with Gasteiger partial charge in [-0.2, -0.15) is 10.2 Å². The van der Waals surface area contributed by atoms with Gasteiger partial charge in [0.2, 0.25) is 5.82 Å². The minimum absolute atomic E-state index is 0.0928. The van der Waals surface area contributed by atoms with Crippen LogP contribution in [-0.2, 0) is 34.0 Å². The standard InChI is InChI=1S/C34H32N8O12/c1-4-49-33-35-26-14-13-23(32(43)50-18-29-28(51-34(44)52-29)15-19(2)30(54-42(47)48)20(3)53-41(45)46)16-27(26)40(33)17-21-9-11-22(12-10-21)24-7-5-6-8-25(24)31-36-38-39-37-31/h5-14,16,19-20,30H,4,15,17-18H2,1-3H3,(H,36,37,38,39)/t19?,20-,30-/m0/s1. The predicted octanol–water partition coefficient (Wildman–Crippen LogP) is 4.59. The van der Waals surface area contributed by atoms with E-state index in [0.29, 0.717) is 36.0 Å². The summed E-state index contributed by atoms with van der Waals surface area (Å²) < 4.78 is 23.3. The summed E-state index contributed by atoms with van der Waals surface area (Å²) in [5.74, 6) is -2.50. The number of imidazole rings is 1. The number of benzene rings is 3. The number of nitrogens with one attached hydrogen (secondary N) is 1. The number of hydrogen-bond donors (Lipinski definition) is 1. The van der Waals surface area contributed by atoms with Crippen LogP contribution in [0.5, 0.6) is 6.01 Å². The number of aromatic amines is 1. The van der Waals surface area contributed by atoms with E-state index in [1.807, 2.05) is 60.0 Å². The maximum Gasteiger partial charge on any atom is 0.519 e. The number of esters is 1. The minimum atomic E-state index is -1.42. The Labute approximate surface area is 303 Å². The summed E-state index contributed by atoms with van der Waals surface area (Å²) in [5.41, 5.74) is 4.93. The van der Waals surface area contributed by atoms with Crippen LogP contribution >= 0.6 is 0 Å². The van der Waals surface area contributed by atoms with Crippen LogP contribution < -0.4 is 10.6 Å². The molecule has 3 aromatic carbocycles. The maximum atomic E-state index is 13.3. The zero-order valence-electron chi connectivity index (χ0n) is 28.9. The first-order chi connectivity index (χ1) is 26.0. The van der Waals surface area contributed by atoms with Crippen molar-refractivity contribution in [2.24, 2.45) is 5.92 Å². The zero-order valence-corrected chi connectivity index (χ0v) is 28.9. The van der Waals surface area contributed by atoms with Crippen molar-refractivity contribution in [3.63, 3.8) is 0 Å². The number of carbonyl (C=O) groups is 1. The van der Waals surface area contributed by atoms with Crippen LogP contribution in [0.4, 0.5) is 0 Å². The van der Waals surface area contributed by atoms with E-state index in [-0.39, 0.29) is 23.5 Å². The highest BCUT2D eigenvalue weighted by atomic mass is 17.0. The van der Waals surface area contributed by atoms with Crippen molar-refractivity contribution in [3.8, 4) is 28.5 Å². The molecule has 3 heterocycles. The van der Waals surface area contributed by atoms with E-state index in [1.165, 1.54) is 19.9 Å². The molecule has 1 N–H and O–H groups in total.